The van der Waals surface area contributed by atoms with Crippen molar-refractivity contribution < 1.29 is 19.5 Å². The third-order valence-corrected chi connectivity index (χ3v) is 6.41. The van der Waals surface area contributed by atoms with E-state index in [0.717, 1.165) is 16.0 Å². The molecule has 1 atom stereocenters. The topological polar surface area (TPSA) is 113 Å². The molecule has 1 aliphatic heterocycles. The first kappa shape index (κ1) is 21.6. The summed E-state index contributed by atoms with van der Waals surface area (Å²) < 4.78 is 0. The normalized spacial score (nSPS) is 14.3. The van der Waals surface area contributed by atoms with E-state index in [4.69, 9.17) is 34.0 Å². The van der Waals surface area contributed by atoms with Crippen molar-refractivity contribution in [3.8, 4) is 0 Å². The molecule has 0 saturated heterocycles. The van der Waals surface area contributed by atoms with Gasteiger partial charge in [-0.25, -0.2) is 4.79 Å². The molecular formula is C19H19Cl2N3O4S. The minimum atomic E-state index is -1.25. The van der Waals surface area contributed by atoms with Gasteiger partial charge in [-0.3, -0.25) is 9.59 Å². The third kappa shape index (κ3) is 4.40. The Morgan fingerprint density at radius 2 is 2.07 bits per heavy atom. The quantitative estimate of drug-likeness (QED) is 0.641. The van der Waals surface area contributed by atoms with Gasteiger partial charge in [-0.15, -0.1) is 11.3 Å². The summed E-state index contributed by atoms with van der Waals surface area (Å²) in [5.41, 5.74) is 6.89. The zero-order valence-corrected chi connectivity index (χ0v) is 17.8. The number of nitrogens with two attached hydrogens (primary N) is 1. The smallest absolute Gasteiger partial charge is 0.327 e. The fourth-order valence-corrected chi connectivity index (χ4v) is 4.79. The van der Waals surface area contributed by atoms with Gasteiger partial charge in [-0.05, 0) is 42.7 Å². The maximum Gasteiger partial charge on any atom is 0.327 e. The van der Waals surface area contributed by atoms with Crippen LogP contribution in [0.15, 0.2) is 18.2 Å². The van der Waals surface area contributed by atoms with Crippen LogP contribution in [-0.4, -0.2) is 46.9 Å². The van der Waals surface area contributed by atoms with Gasteiger partial charge in [-0.2, -0.15) is 0 Å². The number of thiophene rings is 1. The van der Waals surface area contributed by atoms with E-state index in [2.05, 4.69) is 5.32 Å². The van der Waals surface area contributed by atoms with E-state index in [1.165, 1.54) is 11.3 Å². The molecule has 0 fully saturated rings. The molecule has 10 heteroatoms. The van der Waals surface area contributed by atoms with Crippen molar-refractivity contribution >= 4 is 52.3 Å². The Morgan fingerprint density at radius 1 is 1.34 bits per heavy atom. The van der Waals surface area contributed by atoms with Gasteiger partial charge in [0, 0.05) is 24.5 Å². The molecule has 0 aliphatic carbocycles. The van der Waals surface area contributed by atoms with Crippen LogP contribution in [0.4, 0.5) is 0 Å². The van der Waals surface area contributed by atoms with Gasteiger partial charge in [0.25, 0.3) is 11.8 Å². The summed E-state index contributed by atoms with van der Waals surface area (Å²) in [4.78, 5) is 39.8. The van der Waals surface area contributed by atoms with Gasteiger partial charge in [0.2, 0.25) is 0 Å². The van der Waals surface area contributed by atoms with Crippen LogP contribution in [0.2, 0.25) is 10.0 Å². The second-order valence-corrected chi connectivity index (χ2v) is 8.75. The molecule has 1 aromatic carbocycles. The largest absolute Gasteiger partial charge is 0.480 e. The van der Waals surface area contributed by atoms with Crippen LogP contribution in [0.1, 0.15) is 36.0 Å². The summed E-state index contributed by atoms with van der Waals surface area (Å²) in [5, 5.41) is 11.7. The number of nitrogens with zero attached hydrogens (tertiary/aromatic N) is 1. The zero-order valence-electron chi connectivity index (χ0n) is 15.5. The Balaban J connectivity index is 1.85. The molecule has 29 heavy (non-hydrogen) atoms. The number of amides is 2. The first-order valence-corrected chi connectivity index (χ1v) is 10.4. The fourth-order valence-electron chi connectivity index (χ4n) is 3.19. The minimum absolute atomic E-state index is 0.0143. The van der Waals surface area contributed by atoms with Crippen LogP contribution < -0.4 is 11.1 Å². The Kier molecular flexibility index (Phi) is 6.48. The molecule has 4 N–H and O–H groups in total. The van der Waals surface area contributed by atoms with E-state index >= 15 is 0 Å². The molecule has 1 aromatic heterocycles. The molecule has 0 saturated carbocycles. The number of nitrogens with one attached hydrogen (secondary N) is 1. The van der Waals surface area contributed by atoms with Gasteiger partial charge in [-0.1, -0.05) is 23.2 Å². The second kappa shape index (κ2) is 8.71. The van der Waals surface area contributed by atoms with Crippen LogP contribution >= 0.6 is 34.5 Å². The number of carboxylic acid groups (broad SMARTS) is 1. The fraction of sp³-hybridized carbons (Fsp3) is 0.316. The first-order chi connectivity index (χ1) is 13.7. The predicted octanol–water partition coefficient (Wildman–Crippen LogP) is 2.70. The van der Waals surface area contributed by atoms with E-state index in [1.54, 1.807) is 11.0 Å². The van der Waals surface area contributed by atoms with Gasteiger partial charge in [0.1, 0.15) is 6.04 Å². The minimum Gasteiger partial charge on any atom is -0.480 e. The lowest BCUT2D eigenvalue weighted by atomic mass is 9.96. The molecule has 1 aliphatic rings. The van der Waals surface area contributed by atoms with Crippen molar-refractivity contribution in [3.63, 3.8) is 0 Å². The van der Waals surface area contributed by atoms with Crippen molar-refractivity contribution in [1.82, 2.24) is 10.2 Å². The number of aryl methyl sites for hydroxylation is 1. The number of carbonyl (C=O) groups is 3. The molecule has 7 nitrogen and oxygen atoms in total. The third-order valence-electron chi connectivity index (χ3n) is 4.71. The van der Waals surface area contributed by atoms with Crippen molar-refractivity contribution in [3.05, 3.63) is 54.7 Å². The average molecular weight is 456 g/mol. The monoisotopic (exact) mass is 455 g/mol. The van der Waals surface area contributed by atoms with E-state index in [-0.39, 0.29) is 28.1 Å². The lowest BCUT2D eigenvalue weighted by Crippen LogP contribution is -2.46. The summed E-state index contributed by atoms with van der Waals surface area (Å²) >= 11 is 14.2. The van der Waals surface area contributed by atoms with Crippen molar-refractivity contribution in [2.24, 2.45) is 5.73 Å². The maximum atomic E-state index is 12.7. The van der Waals surface area contributed by atoms with Crippen molar-refractivity contribution in [1.29, 1.82) is 0 Å². The van der Waals surface area contributed by atoms with Crippen molar-refractivity contribution in [2.45, 2.75) is 25.9 Å². The van der Waals surface area contributed by atoms with Gasteiger partial charge < -0.3 is 21.1 Å². The van der Waals surface area contributed by atoms with Crippen LogP contribution in [0.25, 0.3) is 0 Å². The molecule has 0 unspecified atom stereocenters. The van der Waals surface area contributed by atoms with E-state index in [0.29, 0.717) is 24.4 Å². The van der Waals surface area contributed by atoms with Gasteiger partial charge in [0.05, 0.1) is 20.5 Å². The molecule has 0 bridgehead atoms. The lowest BCUT2D eigenvalue weighted by molar-refractivity contribution is -0.138. The highest BCUT2D eigenvalue weighted by Crippen LogP contribution is 2.35. The molecular weight excluding hydrogens is 437 g/mol. The number of rotatable bonds is 5. The lowest BCUT2D eigenvalue weighted by Gasteiger charge is -2.30. The highest BCUT2D eigenvalue weighted by Gasteiger charge is 2.29. The number of halogens is 2. The molecule has 2 aromatic rings. The molecule has 0 spiro atoms. The number of hydrogen-bond acceptors (Lipinski definition) is 5. The number of fused-ring (bicyclic) bond motifs is 1. The zero-order chi connectivity index (χ0) is 21.3. The van der Waals surface area contributed by atoms with Gasteiger partial charge in [0.15, 0.2) is 0 Å². The number of carbonyl (C=O) groups excluding carboxylic acids is 2. The standard InChI is InChI=1S/C19H19Cl2N3O4S/c1-9-2-3-14(29-9)18(26)24-5-4-11-10(8-24)6-12(20)15(16(11)21)17(25)23-13(7-22)19(27)28/h2-3,6,13H,4-5,7-8,22H2,1H3,(H,23,25)(H,27,28)/t13-/m0/s1. The van der Waals surface area contributed by atoms with Crippen LogP contribution in [0.5, 0.6) is 0 Å². The highest BCUT2D eigenvalue weighted by atomic mass is 35.5. The number of aliphatic carboxylic acids is 1. The molecule has 2 amide bonds. The Hall–Kier alpha value is -2.13. The first-order valence-electron chi connectivity index (χ1n) is 8.82. The molecule has 0 radical (unpaired) electrons. The Labute approximate surface area is 181 Å². The summed E-state index contributed by atoms with van der Waals surface area (Å²) in [6.45, 7) is 2.46. The number of hydrogen-bond donors (Lipinski definition) is 3. The van der Waals surface area contributed by atoms with Gasteiger partial charge >= 0.3 is 5.97 Å². The molecule has 3 rings (SSSR count). The molecule has 2 heterocycles. The van der Waals surface area contributed by atoms with Crippen LogP contribution in [0.3, 0.4) is 0 Å². The second-order valence-electron chi connectivity index (χ2n) is 6.67. The molecule has 154 valence electrons. The van der Waals surface area contributed by atoms with E-state index in [9.17, 15) is 14.4 Å². The average Bonchev–Trinajstić information content (AvgIpc) is 3.11. The summed E-state index contributed by atoms with van der Waals surface area (Å²) in [7, 11) is 0. The Bertz CT molecular complexity index is 992. The highest BCUT2D eigenvalue weighted by molar-refractivity contribution is 7.13. The van der Waals surface area contributed by atoms with Crippen LogP contribution in [0, 0.1) is 6.92 Å². The summed E-state index contributed by atoms with van der Waals surface area (Å²) in [6.07, 6.45) is 0.459. The predicted molar refractivity (Wildman–Crippen MR) is 112 cm³/mol. The SMILES string of the molecule is Cc1ccc(C(=O)N2CCc3c(cc(Cl)c(C(=O)N[C@@H](CN)C(=O)O)c3Cl)C2)s1. The summed E-state index contributed by atoms with van der Waals surface area (Å²) in [6, 6.07) is 4.07. The van der Waals surface area contributed by atoms with Crippen LogP contribution in [-0.2, 0) is 17.8 Å². The number of carboxylic acids is 1. The van der Waals surface area contributed by atoms with E-state index < -0.39 is 17.9 Å². The van der Waals surface area contributed by atoms with Crippen molar-refractivity contribution in [2.75, 3.05) is 13.1 Å². The van der Waals surface area contributed by atoms with E-state index in [1.807, 2.05) is 19.1 Å². The summed E-state index contributed by atoms with van der Waals surface area (Å²) in [5.74, 6) is -2.01. The Morgan fingerprint density at radius 3 is 2.66 bits per heavy atom. The number of benzene rings is 1. The maximum absolute atomic E-state index is 12.7.